The van der Waals surface area contributed by atoms with Crippen molar-refractivity contribution < 1.29 is 9.22 Å². The molecule has 2 rings (SSSR count). The van der Waals surface area contributed by atoms with E-state index >= 15 is 0 Å². The Morgan fingerprint density at radius 3 is 1.90 bits per heavy atom. The molecule has 0 heterocycles. The zero-order valence-corrected chi connectivity index (χ0v) is 15.2. The Morgan fingerprint density at radius 1 is 0.750 bits per heavy atom. The van der Waals surface area contributed by atoms with Gasteiger partial charge in [-0.05, 0) is 0 Å². The van der Waals surface area contributed by atoms with Crippen LogP contribution in [0.25, 0.3) is 10.8 Å². The molecule has 0 fully saturated rings. The van der Waals surface area contributed by atoms with Gasteiger partial charge in [-0.15, -0.1) is 0 Å². The second-order valence-corrected chi connectivity index (χ2v) is 11.6. The first-order valence-corrected chi connectivity index (χ1v) is 12.1. The molecule has 2 aromatic rings. The third-order valence-corrected chi connectivity index (χ3v) is 12.0. The second-order valence-electron chi connectivity index (χ2n) is 4.38. The molecule has 0 atom stereocenters. The molecule has 0 bridgehead atoms. The van der Waals surface area contributed by atoms with Gasteiger partial charge in [0.2, 0.25) is 0 Å². The van der Waals surface area contributed by atoms with Gasteiger partial charge in [0.05, 0.1) is 0 Å². The van der Waals surface area contributed by atoms with Crippen molar-refractivity contribution in [2.45, 2.75) is 20.8 Å². The predicted octanol–water partition coefficient (Wildman–Crippen LogP) is 3.10. The molecule has 0 N–H and O–H groups in total. The van der Waals surface area contributed by atoms with Gasteiger partial charge in [-0.3, -0.25) is 0 Å². The molecule has 0 amide bonds. The van der Waals surface area contributed by atoms with Crippen molar-refractivity contribution >= 4 is 34.0 Å². The number of hydrogen-bond acceptors (Lipinski definition) is 3. The molecule has 0 aliphatic carbocycles. The number of rotatable bonds is 7. The van der Waals surface area contributed by atoms with Gasteiger partial charge in [-0.2, -0.15) is 0 Å². The maximum atomic E-state index is 6.07. The minimum absolute atomic E-state index is 0.610. The fraction of sp³-hybridized carbons (Fsp3) is 0.375. The molecular formula is C16H22O3Sn. The Morgan fingerprint density at radius 2 is 1.30 bits per heavy atom. The molecule has 3 nitrogen and oxygen atoms in total. The number of hydrogen-bond donors (Lipinski definition) is 0. The van der Waals surface area contributed by atoms with E-state index in [1.54, 1.807) is 0 Å². The Hall–Kier alpha value is -0.621. The number of benzene rings is 2. The van der Waals surface area contributed by atoms with Crippen molar-refractivity contribution in [2.24, 2.45) is 0 Å². The van der Waals surface area contributed by atoms with E-state index in [0.717, 1.165) is 3.58 Å². The van der Waals surface area contributed by atoms with E-state index in [0.29, 0.717) is 19.8 Å². The van der Waals surface area contributed by atoms with Gasteiger partial charge in [0, 0.05) is 0 Å². The molecule has 0 saturated carbocycles. The van der Waals surface area contributed by atoms with Gasteiger partial charge in [0.15, 0.2) is 0 Å². The van der Waals surface area contributed by atoms with E-state index in [2.05, 4.69) is 30.3 Å². The number of fused-ring (bicyclic) bond motifs is 1. The predicted molar refractivity (Wildman–Crippen MR) is 84.2 cm³/mol. The summed E-state index contributed by atoms with van der Waals surface area (Å²) in [6, 6.07) is 14.6. The Balaban J connectivity index is 2.60. The first-order valence-electron chi connectivity index (χ1n) is 7.17. The summed E-state index contributed by atoms with van der Waals surface area (Å²) in [4.78, 5) is 0. The molecule has 0 spiro atoms. The average molecular weight is 381 g/mol. The van der Waals surface area contributed by atoms with Crippen LogP contribution in [-0.4, -0.2) is 39.4 Å². The summed E-state index contributed by atoms with van der Waals surface area (Å²) in [5, 5.41) is 2.38. The van der Waals surface area contributed by atoms with E-state index in [9.17, 15) is 0 Å². The van der Waals surface area contributed by atoms with Crippen LogP contribution in [-0.2, 0) is 9.22 Å². The molecule has 0 unspecified atom stereocenters. The fourth-order valence-electron chi connectivity index (χ4n) is 2.42. The van der Waals surface area contributed by atoms with Gasteiger partial charge >= 0.3 is 126 Å². The Labute approximate surface area is 126 Å². The molecule has 20 heavy (non-hydrogen) atoms. The average Bonchev–Trinajstić information content (AvgIpc) is 2.47. The van der Waals surface area contributed by atoms with E-state index < -0.39 is 19.6 Å². The molecule has 0 aliphatic rings. The van der Waals surface area contributed by atoms with Crippen molar-refractivity contribution in [2.75, 3.05) is 19.8 Å². The SMILES string of the molecule is CC[O][Sn]([O]CC)([O]CC)[c]1cccc2ccccc12. The van der Waals surface area contributed by atoms with Gasteiger partial charge in [0.25, 0.3) is 0 Å². The standard InChI is InChI=1S/C10H7.3C2H5O.Sn/c1-2-6-10-8-4-3-7-9(10)5-1;3*1-2-3;/h1-7H;3*2H2,1H3;/q;3*-1;+3. The summed E-state index contributed by atoms with van der Waals surface area (Å²) in [5.74, 6) is 0. The molecule has 0 aliphatic heterocycles. The van der Waals surface area contributed by atoms with Crippen molar-refractivity contribution in [3.05, 3.63) is 42.5 Å². The van der Waals surface area contributed by atoms with Gasteiger partial charge in [-0.25, -0.2) is 0 Å². The van der Waals surface area contributed by atoms with Crippen molar-refractivity contribution in [1.82, 2.24) is 0 Å². The topological polar surface area (TPSA) is 27.7 Å². The van der Waals surface area contributed by atoms with E-state index in [1.807, 2.05) is 32.9 Å². The van der Waals surface area contributed by atoms with Gasteiger partial charge in [-0.1, -0.05) is 0 Å². The van der Waals surface area contributed by atoms with E-state index in [1.165, 1.54) is 10.8 Å². The Kier molecular flexibility index (Phi) is 5.84. The first kappa shape index (κ1) is 15.8. The van der Waals surface area contributed by atoms with Crippen LogP contribution in [0.4, 0.5) is 0 Å². The van der Waals surface area contributed by atoms with Crippen LogP contribution in [0.1, 0.15) is 20.8 Å². The van der Waals surface area contributed by atoms with Crippen LogP contribution in [0.2, 0.25) is 0 Å². The molecule has 2 aromatic carbocycles. The van der Waals surface area contributed by atoms with Crippen LogP contribution in [0, 0.1) is 0 Å². The molecule has 4 heteroatoms. The fourth-order valence-corrected chi connectivity index (χ4v) is 10.2. The van der Waals surface area contributed by atoms with Gasteiger partial charge in [0.1, 0.15) is 0 Å². The molecule has 0 saturated heterocycles. The van der Waals surface area contributed by atoms with Gasteiger partial charge < -0.3 is 0 Å². The van der Waals surface area contributed by atoms with Crippen LogP contribution in [0.5, 0.6) is 0 Å². The van der Waals surface area contributed by atoms with Crippen LogP contribution >= 0.6 is 0 Å². The quantitative estimate of drug-likeness (QED) is 0.691. The molecular weight excluding hydrogens is 359 g/mol. The normalized spacial score (nSPS) is 11.9. The van der Waals surface area contributed by atoms with Crippen molar-refractivity contribution in [3.63, 3.8) is 0 Å². The first-order chi connectivity index (χ1) is 9.77. The second kappa shape index (κ2) is 7.40. The Bertz CT molecular complexity index is 534. The summed E-state index contributed by atoms with van der Waals surface area (Å²) >= 11 is -3.71. The summed E-state index contributed by atoms with van der Waals surface area (Å²) in [6.07, 6.45) is 0. The van der Waals surface area contributed by atoms with Crippen LogP contribution in [0.15, 0.2) is 42.5 Å². The van der Waals surface area contributed by atoms with E-state index in [-0.39, 0.29) is 0 Å². The third kappa shape index (κ3) is 3.17. The van der Waals surface area contributed by atoms with Crippen molar-refractivity contribution in [1.29, 1.82) is 0 Å². The summed E-state index contributed by atoms with van der Waals surface area (Å²) in [5.41, 5.74) is 0. The third-order valence-electron chi connectivity index (χ3n) is 3.12. The monoisotopic (exact) mass is 382 g/mol. The summed E-state index contributed by atoms with van der Waals surface area (Å²) in [6.45, 7) is 7.82. The van der Waals surface area contributed by atoms with Crippen LogP contribution in [0.3, 0.4) is 0 Å². The molecule has 0 radical (unpaired) electrons. The zero-order valence-electron chi connectivity index (χ0n) is 12.4. The van der Waals surface area contributed by atoms with Crippen LogP contribution < -0.4 is 3.58 Å². The summed E-state index contributed by atoms with van der Waals surface area (Å²) < 4.78 is 19.3. The molecule has 108 valence electrons. The van der Waals surface area contributed by atoms with E-state index in [4.69, 9.17) is 9.22 Å². The minimum atomic E-state index is -3.71. The molecule has 0 aromatic heterocycles. The maximum absolute atomic E-state index is 6.07. The van der Waals surface area contributed by atoms with Crippen molar-refractivity contribution in [3.8, 4) is 0 Å². The summed E-state index contributed by atoms with van der Waals surface area (Å²) in [7, 11) is 0. The zero-order chi connectivity index (χ0) is 14.4.